The van der Waals surface area contributed by atoms with Gasteiger partial charge in [-0.15, -0.1) is 0 Å². The van der Waals surface area contributed by atoms with Gasteiger partial charge >= 0.3 is 12.2 Å². The highest BCUT2D eigenvalue weighted by Gasteiger charge is 2.38. The number of imidazole rings is 2. The minimum atomic E-state index is -0.699. The van der Waals surface area contributed by atoms with Crippen LogP contribution in [0, 0.1) is 17.8 Å². The molecule has 2 aromatic carbocycles. The van der Waals surface area contributed by atoms with E-state index in [-0.39, 0.29) is 35.5 Å². The van der Waals surface area contributed by atoms with E-state index < -0.39 is 18.2 Å². The third-order valence-corrected chi connectivity index (χ3v) is 10.7. The quantitative estimate of drug-likeness (QED) is 0.130. The molecule has 4 N–H and O–H groups in total. The number of rotatable bonds is 8. The number of fused-ring (bicyclic) bond motifs is 1. The van der Waals surface area contributed by atoms with E-state index in [1.54, 1.807) is 41.6 Å². The van der Waals surface area contributed by atoms with Crippen molar-refractivity contribution in [1.82, 2.24) is 40.4 Å². The van der Waals surface area contributed by atoms with Crippen molar-refractivity contribution >= 4 is 46.8 Å². The molecular weight excluding hydrogens is 721 g/mol. The Labute approximate surface area is 324 Å². The molecule has 6 rings (SSSR count). The summed E-state index contributed by atoms with van der Waals surface area (Å²) in [6.07, 6.45) is 2.05. The number of aromatic amines is 2. The SMILES string of the molecule is COC(=O)NC(C(=O)N1CCSC[C@H]1c1ncc(-c2ccc(C#Cc3ccc4nc([C@@H]5CCCN5C(=O)[C@@H](NC(=O)OC)C(C)C)[nH]c4c3)cc2)[nH]1)=C(C)C. The molecular formula is C40H46N8O6S. The Morgan fingerprint density at radius 1 is 0.909 bits per heavy atom. The number of aromatic nitrogens is 4. The summed E-state index contributed by atoms with van der Waals surface area (Å²) in [7, 11) is 2.55. The van der Waals surface area contributed by atoms with Gasteiger partial charge in [0.2, 0.25) is 5.91 Å². The minimum Gasteiger partial charge on any atom is -0.453 e. The van der Waals surface area contributed by atoms with E-state index in [4.69, 9.17) is 14.5 Å². The van der Waals surface area contributed by atoms with Crippen LogP contribution in [-0.4, -0.2) is 98.6 Å². The average molecular weight is 767 g/mol. The zero-order chi connectivity index (χ0) is 39.2. The smallest absolute Gasteiger partial charge is 0.411 e. The largest absolute Gasteiger partial charge is 0.453 e. The summed E-state index contributed by atoms with van der Waals surface area (Å²) in [5, 5.41) is 5.27. The molecule has 0 radical (unpaired) electrons. The summed E-state index contributed by atoms with van der Waals surface area (Å²) in [6, 6.07) is 12.4. The van der Waals surface area contributed by atoms with Crippen molar-refractivity contribution in [2.45, 2.75) is 58.7 Å². The molecule has 4 aromatic rings. The molecule has 4 amide bonds. The lowest BCUT2D eigenvalue weighted by Gasteiger charge is -2.35. The zero-order valence-corrected chi connectivity index (χ0v) is 32.6. The maximum absolute atomic E-state index is 13.6. The molecule has 2 aromatic heterocycles. The maximum Gasteiger partial charge on any atom is 0.411 e. The van der Waals surface area contributed by atoms with E-state index in [0.29, 0.717) is 36.1 Å². The molecule has 4 heterocycles. The van der Waals surface area contributed by atoms with Crippen molar-refractivity contribution in [3.63, 3.8) is 0 Å². The number of amides is 4. The molecule has 2 fully saturated rings. The van der Waals surface area contributed by atoms with Crippen molar-refractivity contribution in [3.8, 4) is 23.1 Å². The van der Waals surface area contributed by atoms with Gasteiger partial charge in [-0.05, 0) is 74.1 Å². The second kappa shape index (κ2) is 17.2. The normalized spacial score (nSPS) is 17.3. The molecule has 3 atom stereocenters. The highest BCUT2D eigenvalue weighted by atomic mass is 32.2. The summed E-state index contributed by atoms with van der Waals surface area (Å²) >= 11 is 1.75. The van der Waals surface area contributed by atoms with Gasteiger partial charge in [-0.25, -0.2) is 19.6 Å². The predicted octanol–water partition coefficient (Wildman–Crippen LogP) is 5.66. The first-order valence-electron chi connectivity index (χ1n) is 18.2. The van der Waals surface area contributed by atoms with Gasteiger partial charge in [0.25, 0.3) is 5.91 Å². The van der Waals surface area contributed by atoms with Crippen molar-refractivity contribution in [2.75, 3.05) is 38.8 Å². The number of methoxy groups -OCH3 is 2. The number of ether oxygens (including phenoxy) is 2. The summed E-state index contributed by atoms with van der Waals surface area (Å²) in [5.74, 6) is 8.78. The van der Waals surface area contributed by atoms with Crippen LogP contribution in [0.25, 0.3) is 22.3 Å². The molecule has 288 valence electrons. The first-order chi connectivity index (χ1) is 26.5. The number of likely N-dealkylation sites (tertiary alicyclic amines) is 1. The van der Waals surface area contributed by atoms with Crippen LogP contribution in [0.2, 0.25) is 0 Å². The van der Waals surface area contributed by atoms with Crippen LogP contribution >= 0.6 is 11.8 Å². The highest BCUT2D eigenvalue weighted by molar-refractivity contribution is 7.99. The summed E-state index contributed by atoms with van der Waals surface area (Å²) in [6.45, 7) is 8.44. The molecule has 2 saturated heterocycles. The van der Waals surface area contributed by atoms with Crippen LogP contribution in [0.1, 0.15) is 75.4 Å². The Hall–Kier alpha value is -5.75. The van der Waals surface area contributed by atoms with E-state index in [1.807, 2.05) is 56.3 Å². The Kier molecular flexibility index (Phi) is 12.1. The predicted molar refractivity (Wildman–Crippen MR) is 210 cm³/mol. The number of allylic oxidation sites excluding steroid dienone is 1. The minimum absolute atomic E-state index is 0.115. The molecule has 15 heteroatoms. The van der Waals surface area contributed by atoms with E-state index in [9.17, 15) is 19.2 Å². The number of H-pyrrole nitrogens is 2. The standard InChI is InChI=1S/C40H46N8O6S/c1-23(2)33(45-39(51)53-5)37(49)47-17-7-8-31(47)36-42-28-16-13-26(20-29(28)43-36)10-9-25-11-14-27(15-12-25)30-21-41-35(44-30)32-22-55-19-18-48(32)38(50)34(24(3)4)46-40(52)54-6/h11-16,20-21,23,31-33H,7-8,17-19,22H2,1-6H3,(H,41,44)(H,42,43)(H,45,51)(H,46,52)/t31-,32-,33-/m0/s1. The van der Waals surface area contributed by atoms with Gasteiger partial charge in [0.1, 0.15) is 23.4 Å². The Morgan fingerprint density at radius 2 is 1.64 bits per heavy atom. The van der Waals surface area contributed by atoms with E-state index in [0.717, 1.165) is 52.0 Å². The fourth-order valence-electron chi connectivity index (χ4n) is 6.75. The molecule has 2 aliphatic heterocycles. The van der Waals surface area contributed by atoms with Crippen LogP contribution in [0.15, 0.2) is 59.9 Å². The lowest BCUT2D eigenvalue weighted by Crippen LogP contribution is -2.51. The van der Waals surface area contributed by atoms with Crippen molar-refractivity contribution in [3.05, 3.63) is 82.7 Å². The van der Waals surface area contributed by atoms with Gasteiger partial charge in [-0.3, -0.25) is 14.9 Å². The second-order valence-corrected chi connectivity index (χ2v) is 15.1. The lowest BCUT2D eigenvalue weighted by molar-refractivity contribution is -0.135. The number of benzene rings is 2. The molecule has 55 heavy (non-hydrogen) atoms. The van der Waals surface area contributed by atoms with Crippen LogP contribution in [0.3, 0.4) is 0 Å². The molecule has 2 aliphatic rings. The van der Waals surface area contributed by atoms with Crippen molar-refractivity contribution in [1.29, 1.82) is 0 Å². The summed E-state index contributed by atoms with van der Waals surface area (Å²) < 4.78 is 9.48. The third kappa shape index (κ3) is 8.81. The van der Waals surface area contributed by atoms with Gasteiger partial charge in [0.05, 0.1) is 49.2 Å². The molecule has 0 spiro atoms. The number of nitrogens with one attached hydrogen (secondary N) is 4. The number of hydrogen-bond donors (Lipinski definition) is 4. The first kappa shape index (κ1) is 39.0. The van der Waals surface area contributed by atoms with Gasteiger partial charge < -0.3 is 34.6 Å². The molecule has 14 nitrogen and oxygen atoms in total. The van der Waals surface area contributed by atoms with Gasteiger partial charge in [-0.1, -0.05) is 37.8 Å². The van der Waals surface area contributed by atoms with E-state index >= 15 is 0 Å². The average Bonchev–Trinajstić information content (AvgIpc) is 3.98. The second-order valence-electron chi connectivity index (χ2n) is 14.0. The highest BCUT2D eigenvalue weighted by Crippen LogP contribution is 2.33. The number of thioether (sulfide) groups is 1. The monoisotopic (exact) mass is 766 g/mol. The molecule has 0 saturated carbocycles. The van der Waals surface area contributed by atoms with E-state index in [2.05, 4.69) is 37.4 Å². The fraction of sp³-hybridized carbons (Fsp3) is 0.400. The molecule has 0 bridgehead atoms. The summed E-state index contributed by atoms with van der Waals surface area (Å²) in [5.41, 5.74) is 5.89. The Balaban J connectivity index is 1.14. The maximum atomic E-state index is 13.6. The summed E-state index contributed by atoms with van der Waals surface area (Å²) in [4.78, 5) is 70.9. The fourth-order valence-corrected chi connectivity index (χ4v) is 7.80. The van der Waals surface area contributed by atoms with Crippen LogP contribution in [0.5, 0.6) is 0 Å². The third-order valence-electron chi connectivity index (χ3n) is 9.72. The number of nitrogens with zero attached hydrogens (tertiary/aromatic N) is 4. The van der Waals surface area contributed by atoms with Gasteiger partial charge in [0.15, 0.2) is 0 Å². The van der Waals surface area contributed by atoms with Crippen LogP contribution in [0.4, 0.5) is 9.59 Å². The first-order valence-corrected chi connectivity index (χ1v) is 19.4. The topological polar surface area (TPSA) is 175 Å². The number of carbonyl (C=O) groups excluding carboxylic acids is 4. The van der Waals surface area contributed by atoms with Crippen LogP contribution < -0.4 is 10.6 Å². The zero-order valence-electron chi connectivity index (χ0n) is 31.8. The van der Waals surface area contributed by atoms with Crippen molar-refractivity contribution in [2.24, 2.45) is 5.92 Å². The van der Waals surface area contributed by atoms with Gasteiger partial charge in [0, 0.05) is 35.7 Å². The van der Waals surface area contributed by atoms with Crippen LogP contribution in [-0.2, 0) is 19.1 Å². The molecule has 0 aliphatic carbocycles. The Bertz CT molecular complexity index is 2160. The molecule has 0 unspecified atom stereocenters. The Morgan fingerprint density at radius 3 is 2.35 bits per heavy atom. The number of alkyl carbamates (subject to hydrolysis) is 2. The van der Waals surface area contributed by atoms with E-state index in [1.165, 1.54) is 14.2 Å². The van der Waals surface area contributed by atoms with Crippen molar-refractivity contribution < 1.29 is 28.7 Å². The van der Waals surface area contributed by atoms with Gasteiger partial charge in [-0.2, -0.15) is 11.8 Å². The number of hydrogen-bond acceptors (Lipinski definition) is 9. The lowest BCUT2D eigenvalue weighted by atomic mass is 10.0. The number of carbonyl (C=O) groups is 4.